The minimum absolute atomic E-state index is 0.0881. The molecule has 0 bridgehead atoms. The van der Waals surface area contributed by atoms with Crippen molar-refractivity contribution in [3.8, 4) is 5.75 Å². The number of hydrogen-bond donors (Lipinski definition) is 0. The van der Waals surface area contributed by atoms with E-state index >= 15 is 0 Å². The van der Waals surface area contributed by atoms with Crippen LogP contribution in [0.4, 0.5) is 17.1 Å². The van der Waals surface area contributed by atoms with Gasteiger partial charge in [0.25, 0.3) is 5.69 Å². The molecule has 0 spiro atoms. The first-order chi connectivity index (χ1) is 11.6. The highest BCUT2D eigenvalue weighted by atomic mass is 35.5. The fourth-order valence-corrected chi connectivity index (χ4v) is 3.15. The minimum atomic E-state index is -0.363. The van der Waals surface area contributed by atoms with Crippen LogP contribution in [0.25, 0.3) is 0 Å². The Labute approximate surface area is 145 Å². The largest absolute Gasteiger partial charge is 0.495 e. The molecule has 1 aliphatic rings. The van der Waals surface area contributed by atoms with Crippen molar-refractivity contribution in [2.45, 2.75) is 0 Å². The van der Waals surface area contributed by atoms with E-state index in [0.29, 0.717) is 23.8 Å². The zero-order valence-electron chi connectivity index (χ0n) is 13.3. The molecule has 126 valence electrons. The molecule has 1 fully saturated rings. The maximum atomic E-state index is 11.3. The molecule has 2 aromatic rings. The van der Waals surface area contributed by atoms with Crippen molar-refractivity contribution in [1.82, 2.24) is 0 Å². The van der Waals surface area contributed by atoms with Crippen LogP contribution in [0.5, 0.6) is 5.75 Å². The van der Waals surface area contributed by atoms with Gasteiger partial charge in [-0.25, -0.2) is 0 Å². The highest BCUT2D eigenvalue weighted by molar-refractivity contribution is 6.31. The van der Waals surface area contributed by atoms with Crippen molar-refractivity contribution >= 4 is 28.7 Å². The number of halogens is 1. The van der Waals surface area contributed by atoms with Crippen LogP contribution in [-0.4, -0.2) is 38.2 Å². The summed E-state index contributed by atoms with van der Waals surface area (Å²) in [7, 11) is 1.66. The molecule has 1 heterocycles. The Balaban J connectivity index is 1.78. The quantitative estimate of drug-likeness (QED) is 0.625. The SMILES string of the molecule is COc1ccccc1N1CCN(c2cc(Cl)ccc2[N+](=O)[O-])CC1. The van der Waals surface area contributed by atoms with Gasteiger partial charge in [0.05, 0.1) is 17.7 Å². The van der Waals surface area contributed by atoms with Crippen LogP contribution in [0.3, 0.4) is 0 Å². The highest BCUT2D eigenvalue weighted by Gasteiger charge is 2.25. The number of para-hydroxylation sites is 2. The highest BCUT2D eigenvalue weighted by Crippen LogP contribution is 2.33. The van der Waals surface area contributed by atoms with Gasteiger partial charge < -0.3 is 14.5 Å². The van der Waals surface area contributed by atoms with E-state index in [4.69, 9.17) is 16.3 Å². The summed E-state index contributed by atoms with van der Waals surface area (Å²) >= 11 is 6.03. The number of nitro groups is 1. The molecule has 6 nitrogen and oxygen atoms in total. The van der Waals surface area contributed by atoms with E-state index in [1.807, 2.05) is 29.2 Å². The first-order valence-electron chi connectivity index (χ1n) is 7.67. The molecular weight excluding hydrogens is 330 g/mol. The van der Waals surface area contributed by atoms with Crippen molar-refractivity contribution in [2.75, 3.05) is 43.1 Å². The molecule has 3 rings (SSSR count). The smallest absolute Gasteiger partial charge is 0.292 e. The Morgan fingerprint density at radius 3 is 2.29 bits per heavy atom. The van der Waals surface area contributed by atoms with Crippen LogP contribution >= 0.6 is 11.6 Å². The average molecular weight is 348 g/mol. The van der Waals surface area contributed by atoms with Crippen LogP contribution in [0, 0.1) is 10.1 Å². The molecule has 0 radical (unpaired) electrons. The van der Waals surface area contributed by atoms with Crippen molar-refractivity contribution in [3.05, 3.63) is 57.6 Å². The maximum Gasteiger partial charge on any atom is 0.292 e. The second-order valence-electron chi connectivity index (χ2n) is 5.54. The van der Waals surface area contributed by atoms with Crippen LogP contribution < -0.4 is 14.5 Å². The third-order valence-corrected chi connectivity index (χ3v) is 4.42. The number of piperazine rings is 1. The van der Waals surface area contributed by atoms with Gasteiger partial charge in [-0.1, -0.05) is 23.7 Å². The number of nitrogens with zero attached hydrogens (tertiary/aromatic N) is 3. The lowest BCUT2D eigenvalue weighted by atomic mass is 10.2. The number of methoxy groups -OCH3 is 1. The Morgan fingerprint density at radius 2 is 1.67 bits per heavy atom. The lowest BCUT2D eigenvalue weighted by Crippen LogP contribution is -2.46. The average Bonchev–Trinajstić information content (AvgIpc) is 2.61. The summed E-state index contributed by atoms with van der Waals surface area (Å²) in [5.41, 5.74) is 1.71. The van der Waals surface area contributed by atoms with Gasteiger partial charge >= 0.3 is 0 Å². The predicted octanol–water partition coefficient (Wildman–Crippen LogP) is 3.58. The molecule has 7 heteroatoms. The van der Waals surface area contributed by atoms with Gasteiger partial charge in [-0.15, -0.1) is 0 Å². The normalized spacial score (nSPS) is 14.6. The summed E-state index contributed by atoms with van der Waals surface area (Å²) in [6, 6.07) is 12.6. The van der Waals surface area contributed by atoms with Gasteiger partial charge in [0.2, 0.25) is 0 Å². The molecule has 24 heavy (non-hydrogen) atoms. The molecular formula is C17H18ClN3O3. The van der Waals surface area contributed by atoms with Crippen LogP contribution in [-0.2, 0) is 0 Å². The Bertz CT molecular complexity index is 746. The number of ether oxygens (including phenoxy) is 1. The number of hydrogen-bond acceptors (Lipinski definition) is 5. The van der Waals surface area contributed by atoms with Gasteiger partial charge in [-0.2, -0.15) is 0 Å². The summed E-state index contributed by atoms with van der Waals surface area (Å²) in [5, 5.41) is 11.8. The van der Waals surface area contributed by atoms with E-state index in [1.54, 1.807) is 19.2 Å². The van der Waals surface area contributed by atoms with E-state index < -0.39 is 0 Å². The predicted molar refractivity (Wildman–Crippen MR) is 95.5 cm³/mol. The molecule has 0 aromatic heterocycles. The van der Waals surface area contributed by atoms with Crippen molar-refractivity contribution in [1.29, 1.82) is 0 Å². The summed E-state index contributed by atoms with van der Waals surface area (Å²) in [6.07, 6.45) is 0. The van der Waals surface area contributed by atoms with E-state index in [-0.39, 0.29) is 10.6 Å². The molecule has 2 aromatic carbocycles. The van der Waals surface area contributed by atoms with E-state index in [1.165, 1.54) is 6.07 Å². The standard InChI is InChI=1S/C17H18ClN3O3/c1-24-17-5-3-2-4-15(17)19-8-10-20(11-9-19)16-12-13(18)6-7-14(16)21(22)23/h2-7,12H,8-11H2,1H3. The van der Waals surface area contributed by atoms with Crippen molar-refractivity contribution < 1.29 is 9.66 Å². The van der Waals surface area contributed by atoms with Gasteiger partial charge in [0.1, 0.15) is 11.4 Å². The number of rotatable bonds is 4. The first kappa shape index (κ1) is 16.4. The summed E-state index contributed by atoms with van der Waals surface area (Å²) < 4.78 is 5.41. The van der Waals surface area contributed by atoms with Crippen molar-refractivity contribution in [2.24, 2.45) is 0 Å². The van der Waals surface area contributed by atoms with E-state index in [2.05, 4.69) is 4.90 Å². The third kappa shape index (κ3) is 3.23. The Kier molecular flexibility index (Phi) is 4.76. The monoisotopic (exact) mass is 347 g/mol. The summed E-state index contributed by atoms with van der Waals surface area (Å²) in [6.45, 7) is 2.87. The number of benzene rings is 2. The van der Waals surface area contributed by atoms with Gasteiger partial charge in [-0.3, -0.25) is 10.1 Å². The van der Waals surface area contributed by atoms with E-state index in [0.717, 1.165) is 24.5 Å². The van der Waals surface area contributed by atoms with Crippen LogP contribution in [0.2, 0.25) is 5.02 Å². The second kappa shape index (κ2) is 6.97. The fourth-order valence-electron chi connectivity index (χ4n) is 2.98. The second-order valence-corrected chi connectivity index (χ2v) is 5.97. The summed E-state index contributed by atoms with van der Waals surface area (Å²) in [5.74, 6) is 0.833. The maximum absolute atomic E-state index is 11.3. The van der Waals surface area contributed by atoms with Gasteiger partial charge in [0, 0.05) is 37.3 Å². The molecule has 0 atom stereocenters. The van der Waals surface area contributed by atoms with Gasteiger partial charge in [-0.05, 0) is 24.3 Å². The van der Waals surface area contributed by atoms with Crippen LogP contribution in [0.1, 0.15) is 0 Å². The topological polar surface area (TPSA) is 58.8 Å². The molecule has 0 unspecified atom stereocenters. The van der Waals surface area contributed by atoms with Crippen LogP contribution in [0.15, 0.2) is 42.5 Å². The lowest BCUT2D eigenvalue weighted by molar-refractivity contribution is -0.384. The number of anilines is 2. The summed E-state index contributed by atoms with van der Waals surface area (Å²) in [4.78, 5) is 15.1. The molecule has 1 aliphatic heterocycles. The zero-order chi connectivity index (χ0) is 17.1. The molecule has 0 N–H and O–H groups in total. The molecule has 0 saturated carbocycles. The third-order valence-electron chi connectivity index (χ3n) is 4.18. The Morgan fingerprint density at radius 1 is 1.04 bits per heavy atom. The van der Waals surface area contributed by atoms with E-state index in [9.17, 15) is 10.1 Å². The lowest BCUT2D eigenvalue weighted by Gasteiger charge is -2.37. The van der Waals surface area contributed by atoms with Gasteiger partial charge in [0.15, 0.2) is 0 Å². The first-order valence-corrected chi connectivity index (χ1v) is 8.05. The minimum Gasteiger partial charge on any atom is -0.495 e. The Hall–Kier alpha value is -2.47. The molecule has 0 amide bonds. The zero-order valence-corrected chi connectivity index (χ0v) is 14.1. The van der Waals surface area contributed by atoms with Crippen molar-refractivity contribution in [3.63, 3.8) is 0 Å². The number of nitro benzene ring substituents is 1. The fraction of sp³-hybridized carbons (Fsp3) is 0.294. The molecule has 0 aliphatic carbocycles. The molecule has 1 saturated heterocycles.